The van der Waals surface area contributed by atoms with Crippen molar-refractivity contribution in [3.8, 4) is 28.1 Å². The van der Waals surface area contributed by atoms with Crippen LogP contribution in [0.15, 0.2) is 78.9 Å². The van der Waals surface area contributed by atoms with E-state index in [9.17, 15) is 0 Å². The summed E-state index contributed by atoms with van der Waals surface area (Å²) in [6.45, 7) is 0.692. The second-order valence-electron chi connectivity index (χ2n) is 6.29. The van der Waals surface area contributed by atoms with Crippen LogP contribution in [0.1, 0.15) is 5.69 Å². The van der Waals surface area contributed by atoms with Crippen LogP contribution in [-0.2, 0) is 6.42 Å². The van der Waals surface area contributed by atoms with Gasteiger partial charge in [-0.1, -0.05) is 72.8 Å². The maximum absolute atomic E-state index is 5.89. The van der Waals surface area contributed by atoms with Crippen LogP contribution in [0, 0.1) is 0 Å². The van der Waals surface area contributed by atoms with Crippen molar-refractivity contribution in [2.24, 2.45) is 0 Å². The molecule has 0 aliphatic carbocycles. The van der Waals surface area contributed by atoms with Gasteiger partial charge in [-0.15, -0.1) is 0 Å². The lowest BCUT2D eigenvalue weighted by molar-refractivity contribution is 0.316. The van der Waals surface area contributed by atoms with Crippen molar-refractivity contribution in [3.63, 3.8) is 0 Å². The number of hydrogen-bond acceptors (Lipinski definition) is 2. The quantitative estimate of drug-likeness (QED) is 0.486. The number of benzene rings is 3. The summed E-state index contributed by atoms with van der Waals surface area (Å²) in [7, 11) is 0. The van der Waals surface area contributed by atoms with Crippen LogP contribution < -0.4 is 4.74 Å². The van der Waals surface area contributed by atoms with E-state index in [-0.39, 0.29) is 0 Å². The van der Waals surface area contributed by atoms with Crippen LogP contribution in [0.3, 0.4) is 0 Å². The second kappa shape index (κ2) is 5.75. The minimum atomic E-state index is 0.692. The van der Waals surface area contributed by atoms with Crippen LogP contribution >= 0.6 is 0 Å². The van der Waals surface area contributed by atoms with E-state index in [1.54, 1.807) is 0 Å². The molecule has 3 aromatic carbocycles. The Morgan fingerprint density at radius 3 is 2.20 bits per heavy atom. The first-order valence-corrected chi connectivity index (χ1v) is 8.61. The van der Waals surface area contributed by atoms with E-state index in [2.05, 4.69) is 60.7 Å². The zero-order chi connectivity index (χ0) is 16.6. The molecule has 0 spiro atoms. The third kappa shape index (κ3) is 2.30. The first kappa shape index (κ1) is 14.2. The fraction of sp³-hybridized carbons (Fsp3) is 0.0870. The number of aromatic nitrogens is 1. The molecule has 0 fully saturated rings. The van der Waals surface area contributed by atoms with Gasteiger partial charge in [0.2, 0.25) is 0 Å². The maximum atomic E-state index is 5.89. The van der Waals surface area contributed by atoms with E-state index in [0.717, 1.165) is 34.5 Å². The van der Waals surface area contributed by atoms with Crippen LogP contribution in [0.4, 0.5) is 0 Å². The Bertz CT molecular complexity index is 1060. The van der Waals surface area contributed by atoms with Gasteiger partial charge in [-0.2, -0.15) is 0 Å². The molecule has 1 aliphatic rings. The average molecular weight is 323 g/mol. The molecule has 1 aromatic heterocycles. The molecule has 25 heavy (non-hydrogen) atoms. The van der Waals surface area contributed by atoms with E-state index in [0.29, 0.717) is 6.61 Å². The van der Waals surface area contributed by atoms with Crippen LogP contribution in [0.5, 0.6) is 5.75 Å². The van der Waals surface area contributed by atoms with Crippen molar-refractivity contribution in [3.05, 3.63) is 84.6 Å². The standard InChI is InChI=1S/C23H17NO/c1-3-8-16(9-4-1)21-18-12-7-13-20-22(18)19(14-15-25-20)24-23(21)17-10-5-2-6-11-17/h1-13H,14-15H2. The minimum absolute atomic E-state index is 0.692. The molecule has 2 heterocycles. The average Bonchev–Trinajstić information content (AvgIpc) is 2.69. The Balaban J connectivity index is 1.93. The second-order valence-corrected chi connectivity index (χ2v) is 6.29. The van der Waals surface area contributed by atoms with E-state index < -0.39 is 0 Å². The summed E-state index contributed by atoms with van der Waals surface area (Å²) < 4.78 is 5.89. The largest absolute Gasteiger partial charge is 0.492 e. The molecule has 0 bridgehead atoms. The molecule has 0 amide bonds. The van der Waals surface area contributed by atoms with Crippen molar-refractivity contribution in [1.82, 2.24) is 4.98 Å². The molecule has 5 rings (SSSR count). The van der Waals surface area contributed by atoms with Gasteiger partial charge >= 0.3 is 0 Å². The molecular formula is C23H17NO. The number of nitrogens with zero attached hydrogens (tertiary/aromatic N) is 1. The first-order valence-electron chi connectivity index (χ1n) is 8.61. The smallest absolute Gasteiger partial charge is 0.128 e. The molecule has 2 heteroatoms. The Hall–Kier alpha value is -3.13. The lowest BCUT2D eigenvalue weighted by atomic mass is 9.91. The van der Waals surface area contributed by atoms with E-state index in [4.69, 9.17) is 9.72 Å². The molecular weight excluding hydrogens is 306 g/mol. The van der Waals surface area contributed by atoms with Gasteiger partial charge in [0.15, 0.2) is 0 Å². The summed E-state index contributed by atoms with van der Waals surface area (Å²) in [4.78, 5) is 5.10. The van der Waals surface area contributed by atoms with Crippen molar-refractivity contribution < 1.29 is 4.74 Å². The molecule has 1 aliphatic heterocycles. The van der Waals surface area contributed by atoms with Gasteiger partial charge in [-0.05, 0) is 17.0 Å². The third-order valence-corrected chi connectivity index (χ3v) is 4.77. The SMILES string of the molecule is c1ccc(-c2nc3c4c(cccc4c2-c2ccccc2)OCC3)cc1. The molecule has 0 saturated heterocycles. The molecule has 0 radical (unpaired) electrons. The fourth-order valence-corrected chi connectivity index (χ4v) is 3.67. The number of pyridine rings is 1. The van der Waals surface area contributed by atoms with Gasteiger partial charge < -0.3 is 4.74 Å². The Kier molecular flexibility index (Phi) is 3.27. The van der Waals surface area contributed by atoms with Crippen molar-refractivity contribution >= 4 is 10.8 Å². The van der Waals surface area contributed by atoms with Gasteiger partial charge in [-0.3, -0.25) is 4.98 Å². The van der Waals surface area contributed by atoms with Gasteiger partial charge in [0.1, 0.15) is 5.75 Å². The van der Waals surface area contributed by atoms with Gasteiger partial charge in [0.05, 0.1) is 18.0 Å². The van der Waals surface area contributed by atoms with E-state index in [1.807, 2.05) is 18.2 Å². The highest BCUT2D eigenvalue weighted by molar-refractivity contribution is 6.06. The summed E-state index contributed by atoms with van der Waals surface area (Å²) in [6.07, 6.45) is 0.850. The van der Waals surface area contributed by atoms with Crippen LogP contribution in [-0.4, -0.2) is 11.6 Å². The summed E-state index contributed by atoms with van der Waals surface area (Å²) in [5.41, 5.74) is 5.70. The predicted molar refractivity (Wildman–Crippen MR) is 102 cm³/mol. The normalized spacial score (nSPS) is 12.8. The summed E-state index contributed by atoms with van der Waals surface area (Å²) in [6, 6.07) is 27.3. The zero-order valence-electron chi connectivity index (χ0n) is 13.8. The summed E-state index contributed by atoms with van der Waals surface area (Å²) >= 11 is 0. The van der Waals surface area contributed by atoms with E-state index >= 15 is 0 Å². The number of hydrogen-bond donors (Lipinski definition) is 0. The minimum Gasteiger partial charge on any atom is -0.492 e. The molecule has 120 valence electrons. The van der Waals surface area contributed by atoms with Gasteiger partial charge in [-0.25, -0.2) is 0 Å². The third-order valence-electron chi connectivity index (χ3n) is 4.77. The monoisotopic (exact) mass is 323 g/mol. The summed E-state index contributed by atoms with van der Waals surface area (Å²) in [5.74, 6) is 0.947. The van der Waals surface area contributed by atoms with Crippen LogP contribution in [0.25, 0.3) is 33.2 Å². The lowest BCUT2D eigenvalue weighted by Gasteiger charge is -2.22. The molecule has 0 saturated carbocycles. The van der Waals surface area contributed by atoms with Crippen LogP contribution in [0.2, 0.25) is 0 Å². The molecule has 0 N–H and O–H groups in total. The van der Waals surface area contributed by atoms with E-state index in [1.165, 1.54) is 16.5 Å². The maximum Gasteiger partial charge on any atom is 0.128 e. The predicted octanol–water partition coefficient (Wildman–Crippen LogP) is 5.50. The topological polar surface area (TPSA) is 22.1 Å². The number of rotatable bonds is 2. The highest BCUT2D eigenvalue weighted by Gasteiger charge is 2.21. The first-order chi connectivity index (χ1) is 12.4. The Morgan fingerprint density at radius 1 is 0.720 bits per heavy atom. The number of ether oxygens (including phenoxy) is 1. The summed E-state index contributed by atoms with van der Waals surface area (Å²) in [5, 5.41) is 2.37. The Labute approximate surface area is 146 Å². The molecule has 0 unspecified atom stereocenters. The van der Waals surface area contributed by atoms with Crippen molar-refractivity contribution in [2.45, 2.75) is 6.42 Å². The van der Waals surface area contributed by atoms with Gasteiger partial charge in [0.25, 0.3) is 0 Å². The fourth-order valence-electron chi connectivity index (χ4n) is 3.67. The zero-order valence-corrected chi connectivity index (χ0v) is 13.8. The Morgan fingerprint density at radius 2 is 1.44 bits per heavy atom. The highest BCUT2D eigenvalue weighted by atomic mass is 16.5. The van der Waals surface area contributed by atoms with Crippen molar-refractivity contribution in [1.29, 1.82) is 0 Å². The lowest BCUT2D eigenvalue weighted by Crippen LogP contribution is -2.11. The van der Waals surface area contributed by atoms with Crippen molar-refractivity contribution in [2.75, 3.05) is 6.61 Å². The van der Waals surface area contributed by atoms with Gasteiger partial charge in [0, 0.05) is 22.9 Å². The highest BCUT2D eigenvalue weighted by Crippen LogP contribution is 2.42. The molecule has 2 nitrogen and oxygen atoms in total. The molecule has 4 aromatic rings. The molecule has 0 atom stereocenters.